The largest absolute Gasteiger partial charge is 0.457 e. The van der Waals surface area contributed by atoms with Gasteiger partial charge in [0.05, 0.1) is 16.8 Å². The van der Waals surface area contributed by atoms with Crippen LogP contribution in [0.5, 0.6) is 11.5 Å². The molecule has 0 atom stereocenters. The minimum absolute atomic E-state index is 0.502. The van der Waals surface area contributed by atoms with Crippen LogP contribution in [0.25, 0.3) is 78.4 Å². The molecular formula is C59H38N2O. The Kier molecular flexibility index (Phi) is 8.39. The number of ether oxygens (including phenoxy) is 1. The van der Waals surface area contributed by atoms with E-state index in [9.17, 15) is 0 Å². The smallest absolute Gasteiger partial charge is 0.160 e. The van der Waals surface area contributed by atoms with Gasteiger partial charge in [-0.2, -0.15) is 0 Å². The quantitative estimate of drug-likeness (QED) is 0.168. The third-order valence-electron chi connectivity index (χ3n) is 12.6. The Morgan fingerprint density at radius 3 is 1.29 bits per heavy atom. The number of hydrogen-bond donors (Lipinski definition) is 0. The molecule has 12 rings (SSSR count). The molecule has 0 saturated heterocycles. The van der Waals surface area contributed by atoms with Crippen molar-refractivity contribution in [2.45, 2.75) is 5.41 Å². The fourth-order valence-corrected chi connectivity index (χ4v) is 9.73. The second-order valence-corrected chi connectivity index (χ2v) is 16.1. The summed E-state index contributed by atoms with van der Waals surface area (Å²) in [5, 5.41) is 0. The van der Waals surface area contributed by atoms with Gasteiger partial charge in [-0.25, -0.2) is 9.97 Å². The Morgan fingerprint density at radius 1 is 0.274 bits per heavy atom. The van der Waals surface area contributed by atoms with E-state index in [1.165, 1.54) is 22.3 Å². The molecule has 0 radical (unpaired) electrons. The molecule has 0 fully saturated rings. The van der Waals surface area contributed by atoms with E-state index in [4.69, 9.17) is 14.7 Å². The number of benzene rings is 9. The van der Waals surface area contributed by atoms with E-state index in [1.54, 1.807) is 0 Å². The molecule has 0 saturated carbocycles. The predicted octanol–water partition coefficient (Wildman–Crippen LogP) is 14.9. The van der Waals surface area contributed by atoms with Gasteiger partial charge >= 0.3 is 0 Å². The summed E-state index contributed by atoms with van der Waals surface area (Å²) in [6.45, 7) is 0. The lowest BCUT2D eigenvalue weighted by Gasteiger charge is -2.39. The van der Waals surface area contributed by atoms with Crippen LogP contribution in [0.4, 0.5) is 0 Å². The molecule has 1 aliphatic heterocycles. The first-order valence-corrected chi connectivity index (χ1v) is 21.1. The first kappa shape index (κ1) is 35.8. The van der Waals surface area contributed by atoms with Gasteiger partial charge in [0.25, 0.3) is 0 Å². The van der Waals surface area contributed by atoms with Crippen LogP contribution in [-0.4, -0.2) is 9.97 Å². The second kappa shape index (κ2) is 14.5. The van der Waals surface area contributed by atoms with E-state index in [1.807, 2.05) is 0 Å². The lowest BCUT2D eigenvalue weighted by molar-refractivity contribution is 0.436. The number of aromatic nitrogens is 2. The van der Waals surface area contributed by atoms with Crippen molar-refractivity contribution in [2.24, 2.45) is 0 Å². The Hall–Kier alpha value is -8.14. The maximum absolute atomic E-state index is 6.86. The first-order chi connectivity index (χ1) is 30.7. The van der Waals surface area contributed by atoms with E-state index in [0.717, 1.165) is 84.1 Å². The number of para-hydroxylation sites is 1. The van der Waals surface area contributed by atoms with Crippen LogP contribution in [0.3, 0.4) is 0 Å². The van der Waals surface area contributed by atoms with Crippen molar-refractivity contribution in [3.63, 3.8) is 0 Å². The van der Waals surface area contributed by atoms with E-state index in [-0.39, 0.29) is 0 Å². The van der Waals surface area contributed by atoms with Gasteiger partial charge in [-0.3, -0.25) is 0 Å². The standard InChI is InChI=1S/C59H38N2O/c1-3-16-39(17-4-1)41-20-13-23-45(34-41)54-38-55(46-24-14-21-42(35-46)40-18-5-2-6-19-40)61-58(60-54)47-25-15-22-43(36-47)44-32-33-53-57(37-44)62-56-31-12-11-30-52(56)59(53)50-28-9-7-26-48(50)49-27-8-10-29-51(49)59/h1-38H. The molecule has 1 aliphatic carbocycles. The van der Waals surface area contributed by atoms with Gasteiger partial charge in [-0.15, -0.1) is 0 Å². The zero-order valence-electron chi connectivity index (χ0n) is 33.7. The molecule has 62 heavy (non-hydrogen) atoms. The molecule has 0 unspecified atom stereocenters. The summed E-state index contributed by atoms with van der Waals surface area (Å²) in [7, 11) is 0. The molecule has 3 nitrogen and oxygen atoms in total. The topological polar surface area (TPSA) is 35.0 Å². The molecule has 2 heterocycles. The van der Waals surface area contributed by atoms with E-state index in [0.29, 0.717) is 5.82 Å². The van der Waals surface area contributed by atoms with Crippen LogP contribution in [0, 0.1) is 0 Å². The summed E-state index contributed by atoms with van der Waals surface area (Å²) >= 11 is 0. The van der Waals surface area contributed by atoms with Crippen LogP contribution >= 0.6 is 0 Å². The average Bonchev–Trinajstić information content (AvgIpc) is 3.65. The van der Waals surface area contributed by atoms with Crippen molar-refractivity contribution in [2.75, 3.05) is 0 Å². The third-order valence-corrected chi connectivity index (χ3v) is 12.6. The van der Waals surface area contributed by atoms with E-state index in [2.05, 4.69) is 231 Å². The normalized spacial score (nSPS) is 12.8. The average molecular weight is 791 g/mol. The number of nitrogens with zero attached hydrogens (tertiary/aromatic N) is 2. The second-order valence-electron chi connectivity index (χ2n) is 16.1. The molecule has 9 aromatic carbocycles. The lowest BCUT2D eigenvalue weighted by atomic mass is 9.66. The third kappa shape index (κ3) is 5.82. The predicted molar refractivity (Wildman–Crippen MR) is 252 cm³/mol. The van der Waals surface area contributed by atoms with Gasteiger partial charge in [0.2, 0.25) is 0 Å². The zero-order valence-corrected chi connectivity index (χ0v) is 33.7. The molecule has 1 spiro atoms. The summed E-state index contributed by atoms with van der Waals surface area (Å²) in [6.07, 6.45) is 0. The summed E-state index contributed by atoms with van der Waals surface area (Å²) in [6, 6.07) is 81.9. The van der Waals surface area contributed by atoms with Crippen molar-refractivity contribution in [3.8, 4) is 89.9 Å². The van der Waals surface area contributed by atoms with Crippen LogP contribution in [0.15, 0.2) is 231 Å². The molecule has 1 aromatic heterocycles. The van der Waals surface area contributed by atoms with Crippen LogP contribution in [-0.2, 0) is 5.41 Å². The highest BCUT2D eigenvalue weighted by atomic mass is 16.5. The minimum Gasteiger partial charge on any atom is -0.457 e. The highest BCUT2D eigenvalue weighted by Crippen LogP contribution is 2.62. The van der Waals surface area contributed by atoms with Gasteiger partial charge < -0.3 is 4.74 Å². The molecule has 0 amide bonds. The van der Waals surface area contributed by atoms with Gasteiger partial charge in [-0.05, 0) is 92.0 Å². The van der Waals surface area contributed by atoms with Crippen molar-refractivity contribution in [1.29, 1.82) is 0 Å². The molecular weight excluding hydrogens is 753 g/mol. The summed E-state index contributed by atoms with van der Waals surface area (Å²) in [4.78, 5) is 10.6. The van der Waals surface area contributed by atoms with Crippen LogP contribution < -0.4 is 4.74 Å². The van der Waals surface area contributed by atoms with Gasteiger partial charge in [0.1, 0.15) is 11.5 Å². The number of fused-ring (bicyclic) bond motifs is 9. The summed E-state index contributed by atoms with van der Waals surface area (Å²) in [5.74, 6) is 2.40. The highest BCUT2D eigenvalue weighted by molar-refractivity contribution is 5.89. The van der Waals surface area contributed by atoms with Crippen molar-refractivity contribution in [3.05, 3.63) is 253 Å². The van der Waals surface area contributed by atoms with E-state index >= 15 is 0 Å². The maximum atomic E-state index is 6.86. The molecule has 10 aromatic rings. The lowest BCUT2D eigenvalue weighted by Crippen LogP contribution is -2.32. The maximum Gasteiger partial charge on any atom is 0.160 e. The molecule has 0 N–H and O–H groups in total. The first-order valence-electron chi connectivity index (χ1n) is 21.1. The SMILES string of the molecule is c1ccc(-c2cccc(-c3cc(-c4cccc(-c5ccccc5)c4)nc(-c4cccc(-c5ccc6c(c5)Oc5ccccc5C65c6ccccc6-c6ccccc65)c4)n3)c2)cc1. The molecule has 3 heteroatoms. The van der Waals surface area contributed by atoms with Gasteiger partial charge in [-0.1, -0.05) is 194 Å². The summed E-state index contributed by atoms with van der Waals surface area (Å²) in [5.41, 5.74) is 18.3. The van der Waals surface area contributed by atoms with E-state index < -0.39 is 5.41 Å². The Morgan fingerprint density at radius 2 is 0.694 bits per heavy atom. The minimum atomic E-state index is -0.502. The Labute approximate surface area is 361 Å². The van der Waals surface area contributed by atoms with Crippen LogP contribution in [0.2, 0.25) is 0 Å². The highest BCUT2D eigenvalue weighted by Gasteiger charge is 2.50. The number of rotatable bonds is 6. The molecule has 2 aliphatic rings. The van der Waals surface area contributed by atoms with Crippen molar-refractivity contribution >= 4 is 0 Å². The number of hydrogen-bond acceptors (Lipinski definition) is 3. The Balaban J connectivity index is 0.990. The van der Waals surface area contributed by atoms with Gasteiger partial charge in [0, 0.05) is 27.8 Å². The fraction of sp³-hybridized carbons (Fsp3) is 0.0169. The summed E-state index contributed by atoms with van der Waals surface area (Å²) < 4.78 is 6.86. The van der Waals surface area contributed by atoms with Crippen molar-refractivity contribution < 1.29 is 4.74 Å². The zero-order chi connectivity index (χ0) is 41.0. The fourth-order valence-electron chi connectivity index (χ4n) is 9.73. The molecule has 0 bridgehead atoms. The van der Waals surface area contributed by atoms with Gasteiger partial charge in [0.15, 0.2) is 5.82 Å². The molecule has 290 valence electrons. The monoisotopic (exact) mass is 790 g/mol. The Bertz CT molecular complexity index is 3190. The van der Waals surface area contributed by atoms with Crippen LogP contribution in [0.1, 0.15) is 22.3 Å². The van der Waals surface area contributed by atoms with Crippen molar-refractivity contribution in [1.82, 2.24) is 9.97 Å².